The summed E-state index contributed by atoms with van der Waals surface area (Å²) in [4.78, 5) is 14.8. The highest BCUT2D eigenvalue weighted by atomic mass is 16.2. The van der Waals surface area contributed by atoms with Gasteiger partial charge < -0.3 is 10.2 Å². The van der Waals surface area contributed by atoms with E-state index in [1.807, 2.05) is 0 Å². The van der Waals surface area contributed by atoms with Crippen molar-refractivity contribution in [3.8, 4) is 0 Å². The fourth-order valence-electron chi connectivity index (χ4n) is 4.00. The van der Waals surface area contributed by atoms with E-state index < -0.39 is 0 Å². The van der Waals surface area contributed by atoms with E-state index in [9.17, 15) is 4.79 Å². The molecular weight excluding hydrogens is 248 g/mol. The summed E-state index contributed by atoms with van der Waals surface area (Å²) in [6.07, 6.45) is 9.65. The Morgan fingerprint density at radius 3 is 2.40 bits per heavy atom. The van der Waals surface area contributed by atoms with Crippen molar-refractivity contribution in [3.05, 3.63) is 0 Å². The monoisotopic (exact) mass is 280 g/mol. The first-order chi connectivity index (χ1) is 9.72. The van der Waals surface area contributed by atoms with Gasteiger partial charge in [0.05, 0.1) is 0 Å². The SMILES string of the molecule is CCN(C(=O)CC(C)C1CCNCC1)C1CCCCC1. The molecule has 3 nitrogen and oxygen atoms in total. The van der Waals surface area contributed by atoms with Crippen LogP contribution in [0.3, 0.4) is 0 Å². The number of carbonyl (C=O) groups is 1. The second-order valence-corrected chi connectivity index (χ2v) is 6.74. The maximum atomic E-state index is 12.6. The number of amides is 1. The second kappa shape index (κ2) is 8.02. The molecule has 0 aromatic heterocycles. The van der Waals surface area contributed by atoms with Crippen LogP contribution in [0, 0.1) is 11.8 Å². The number of carbonyl (C=O) groups excluding carboxylic acids is 1. The second-order valence-electron chi connectivity index (χ2n) is 6.74. The minimum Gasteiger partial charge on any atom is -0.340 e. The normalized spacial score (nSPS) is 23.5. The third-order valence-electron chi connectivity index (χ3n) is 5.36. The molecular formula is C17H32N2O. The van der Waals surface area contributed by atoms with Gasteiger partial charge in [0.1, 0.15) is 0 Å². The molecule has 0 radical (unpaired) electrons. The predicted molar refractivity (Wildman–Crippen MR) is 83.6 cm³/mol. The Balaban J connectivity index is 1.84. The molecule has 2 rings (SSSR count). The van der Waals surface area contributed by atoms with E-state index in [0.717, 1.165) is 32.0 Å². The standard InChI is InChI=1S/C17H32N2O/c1-3-19(16-7-5-4-6-8-16)17(20)13-14(2)15-9-11-18-12-10-15/h14-16,18H,3-13H2,1-2H3. The number of rotatable bonds is 5. The molecule has 20 heavy (non-hydrogen) atoms. The van der Waals surface area contributed by atoms with Crippen LogP contribution in [-0.4, -0.2) is 36.5 Å². The first-order valence-corrected chi connectivity index (χ1v) is 8.72. The summed E-state index contributed by atoms with van der Waals surface area (Å²) in [5.41, 5.74) is 0. The van der Waals surface area contributed by atoms with E-state index in [2.05, 4.69) is 24.1 Å². The minimum atomic E-state index is 0.408. The Kier molecular flexibility index (Phi) is 6.34. The van der Waals surface area contributed by atoms with Gasteiger partial charge in [-0.3, -0.25) is 4.79 Å². The van der Waals surface area contributed by atoms with E-state index in [4.69, 9.17) is 0 Å². The Hall–Kier alpha value is -0.570. The molecule has 1 saturated heterocycles. The van der Waals surface area contributed by atoms with E-state index in [1.54, 1.807) is 0 Å². The van der Waals surface area contributed by atoms with Crippen LogP contribution in [0.1, 0.15) is 65.2 Å². The van der Waals surface area contributed by atoms with Gasteiger partial charge in [-0.25, -0.2) is 0 Å². The van der Waals surface area contributed by atoms with Crippen LogP contribution in [-0.2, 0) is 4.79 Å². The number of nitrogens with one attached hydrogen (secondary N) is 1. The molecule has 0 spiro atoms. The quantitative estimate of drug-likeness (QED) is 0.839. The summed E-state index contributed by atoms with van der Waals surface area (Å²) < 4.78 is 0. The molecule has 1 atom stereocenters. The average molecular weight is 280 g/mol. The lowest BCUT2D eigenvalue weighted by molar-refractivity contribution is -0.135. The van der Waals surface area contributed by atoms with Gasteiger partial charge in [0.2, 0.25) is 5.91 Å². The van der Waals surface area contributed by atoms with Crippen LogP contribution >= 0.6 is 0 Å². The van der Waals surface area contributed by atoms with Gasteiger partial charge in [-0.05, 0) is 57.5 Å². The third kappa shape index (κ3) is 4.21. The van der Waals surface area contributed by atoms with E-state index in [1.165, 1.54) is 44.9 Å². The fraction of sp³-hybridized carbons (Fsp3) is 0.941. The lowest BCUT2D eigenvalue weighted by Gasteiger charge is -2.35. The molecule has 1 saturated carbocycles. The van der Waals surface area contributed by atoms with Crippen LogP contribution in [0.25, 0.3) is 0 Å². The zero-order valence-corrected chi connectivity index (χ0v) is 13.4. The molecule has 2 fully saturated rings. The van der Waals surface area contributed by atoms with Gasteiger partial charge in [-0.1, -0.05) is 26.2 Å². The Labute approximate surface area is 124 Å². The maximum Gasteiger partial charge on any atom is 0.223 e. The zero-order valence-electron chi connectivity index (χ0n) is 13.4. The molecule has 0 aromatic rings. The topological polar surface area (TPSA) is 32.3 Å². The summed E-state index contributed by atoms with van der Waals surface area (Å²) >= 11 is 0. The number of nitrogens with zero attached hydrogens (tertiary/aromatic N) is 1. The Morgan fingerprint density at radius 2 is 1.80 bits per heavy atom. The third-order valence-corrected chi connectivity index (χ3v) is 5.36. The minimum absolute atomic E-state index is 0.408. The first-order valence-electron chi connectivity index (χ1n) is 8.72. The van der Waals surface area contributed by atoms with Gasteiger partial charge in [0, 0.05) is 19.0 Å². The molecule has 0 bridgehead atoms. The first kappa shape index (κ1) is 15.8. The summed E-state index contributed by atoms with van der Waals surface area (Å²) in [6, 6.07) is 0.529. The highest BCUT2D eigenvalue weighted by Crippen LogP contribution is 2.27. The van der Waals surface area contributed by atoms with E-state index in [0.29, 0.717) is 17.9 Å². The highest BCUT2D eigenvalue weighted by Gasteiger charge is 2.27. The van der Waals surface area contributed by atoms with Crippen molar-refractivity contribution in [2.45, 2.75) is 71.3 Å². The average Bonchev–Trinajstić information content (AvgIpc) is 2.50. The lowest BCUT2D eigenvalue weighted by Crippen LogP contribution is -2.42. The molecule has 116 valence electrons. The van der Waals surface area contributed by atoms with Crippen molar-refractivity contribution in [2.24, 2.45) is 11.8 Å². The summed E-state index contributed by atoms with van der Waals surface area (Å²) in [6.45, 7) is 7.57. The van der Waals surface area contributed by atoms with Crippen molar-refractivity contribution < 1.29 is 4.79 Å². The number of piperidine rings is 1. The van der Waals surface area contributed by atoms with Crippen molar-refractivity contribution >= 4 is 5.91 Å². The maximum absolute atomic E-state index is 12.6. The Morgan fingerprint density at radius 1 is 1.15 bits per heavy atom. The van der Waals surface area contributed by atoms with Crippen molar-refractivity contribution in [1.29, 1.82) is 0 Å². The van der Waals surface area contributed by atoms with Gasteiger partial charge in [-0.15, -0.1) is 0 Å². The molecule has 2 aliphatic rings. The molecule has 3 heteroatoms. The smallest absolute Gasteiger partial charge is 0.223 e. The highest BCUT2D eigenvalue weighted by molar-refractivity contribution is 5.76. The summed E-state index contributed by atoms with van der Waals surface area (Å²) in [7, 11) is 0. The van der Waals surface area contributed by atoms with Crippen LogP contribution < -0.4 is 5.32 Å². The fourth-order valence-corrected chi connectivity index (χ4v) is 4.00. The van der Waals surface area contributed by atoms with Crippen LogP contribution in [0.2, 0.25) is 0 Å². The van der Waals surface area contributed by atoms with E-state index >= 15 is 0 Å². The van der Waals surface area contributed by atoms with Gasteiger partial charge in [-0.2, -0.15) is 0 Å². The van der Waals surface area contributed by atoms with Crippen molar-refractivity contribution in [2.75, 3.05) is 19.6 Å². The zero-order chi connectivity index (χ0) is 14.4. The summed E-state index contributed by atoms with van der Waals surface area (Å²) in [5.74, 6) is 1.69. The van der Waals surface area contributed by atoms with Gasteiger partial charge in [0.15, 0.2) is 0 Å². The summed E-state index contributed by atoms with van der Waals surface area (Å²) in [5, 5.41) is 3.41. The molecule has 1 N–H and O–H groups in total. The predicted octanol–water partition coefficient (Wildman–Crippen LogP) is 3.19. The van der Waals surface area contributed by atoms with E-state index in [-0.39, 0.29) is 0 Å². The lowest BCUT2D eigenvalue weighted by atomic mass is 9.83. The van der Waals surface area contributed by atoms with Crippen LogP contribution in [0.4, 0.5) is 0 Å². The van der Waals surface area contributed by atoms with Crippen molar-refractivity contribution in [3.63, 3.8) is 0 Å². The molecule has 1 unspecified atom stereocenters. The molecule has 1 amide bonds. The Bertz CT molecular complexity index is 293. The largest absolute Gasteiger partial charge is 0.340 e. The van der Waals surface area contributed by atoms with Gasteiger partial charge >= 0.3 is 0 Å². The number of hydrogen-bond acceptors (Lipinski definition) is 2. The molecule has 1 aliphatic carbocycles. The molecule has 1 aliphatic heterocycles. The number of hydrogen-bond donors (Lipinski definition) is 1. The van der Waals surface area contributed by atoms with Crippen molar-refractivity contribution in [1.82, 2.24) is 10.2 Å². The molecule has 1 heterocycles. The van der Waals surface area contributed by atoms with Gasteiger partial charge in [0.25, 0.3) is 0 Å². The molecule has 0 aromatic carbocycles. The van der Waals surface area contributed by atoms with Crippen LogP contribution in [0.15, 0.2) is 0 Å². The van der Waals surface area contributed by atoms with Crippen LogP contribution in [0.5, 0.6) is 0 Å².